The summed E-state index contributed by atoms with van der Waals surface area (Å²) in [6.07, 6.45) is 1.56. The summed E-state index contributed by atoms with van der Waals surface area (Å²) < 4.78 is 11.4. The van der Waals surface area contributed by atoms with Gasteiger partial charge in [0.15, 0.2) is 0 Å². The zero-order valence-corrected chi connectivity index (χ0v) is 13.7. The van der Waals surface area contributed by atoms with Gasteiger partial charge in [-0.3, -0.25) is 4.79 Å². The van der Waals surface area contributed by atoms with E-state index in [0.717, 1.165) is 11.0 Å². The summed E-state index contributed by atoms with van der Waals surface area (Å²) in [7, 11) is 0. The van der Waals surface area contributed by atoms with Gasteiger partial charge in [-0.05, 0) is 19.9 Å². The van der Waals surface area contributed by atoms with Gasteiger partial charge in [-0.2, -0.15) is 0 Å². The second-order valence-electron chi connectivity index (χ2n) is 5.99. The molecule has 1 aromatic heterocycles. The number of morpholine rings is 1. The number of carbonyl (C=O) groups is 1. The maximum absolute atomic E-state index is 12.8. The summed E-state index contributed by atoms with van der Waals surface area (Å²) in [6.45, 7) is 5.19. The monoisotopic (exact) mass is 351 g/mol. The van der Waals surface area contributed by atoms with E-state index in [-0.39, 0.29) is 17.6 Å². The van der Waals surface area contributed by atoms with Crippen molar-refractivity contribution in [2.24, 2.45) is 0 Å². The molecule has 4 nitrogen and oxygen atoms in total. The lowest BCUT2D eigenvalue weighted by molar-refractivity contribution is -0.116. The van der Waals surface area contributed by atoms with Crippen LogP contribution >= 0.6 is 15.9 Å². The van der Waals surface area contributed by atoms with E-state index < -0.39 is 0 Å². The van der Waals surface area contributed by atoms with Crippen molar-refractivity contribution in [3.8, 4) is 0 Å². The Balaban J connectivity index is 1.90. The third-order valence-corrected chi connectivity index (χ3v) is 4.37. The number of halogens is 1. The zero-order chi connectivity index (χ0) is 15.0. The maximum Gasteiger partial charge on any atom is 0.257 e. The Bertz CT molecular complexity index is 664. The number of amides is 1. The molecule has 0 spiro atoms. The van der Waals surface area contributed by atoms with Crippen LogP contribution in [-0.4, -0.2) is 40.9 Å². The quantitative estimate of drug-likeness (QED) is 0.778. The number of rotatable bonds is 2. The molecule has 1 saturated heterocycles. The average Bonchev–Trinajstić information content (AvgIpc) is 2.88. The highest BCUT2D eigenvalue weighted by molar-refractivity contribution is 9.09. The number of ether oxygens (including phenoxy) is 1. The molecule has 1 aromatic carbocycles. The van der Waals surface area contributed by atoms with Gasteiger partial charge in [-0.1, -0.05) is 34.1 Å². The molecular formula is C16H18BrNO3. The Hall–Kier alpha value is -1.33. The molecule has 0 saturated carbocycles. The second-order valence-corrected chi connectivity index (χ2v) is 6.63. The normalized spacial score (nSPS) is 21.7. The number of alkyl halides is 1. The van der Waals surface area contributed by atoms with Gasteiger partial charge in [-0.15, -0.1) is 0 Å². The van der Waals surface area contributed by atoms with E-state index >= 15 is 0 Å². The van der Waals surface area contributed by atoms with Crippen LogP contribution in [0.25, 0.3) is 11.0 Å². The summed E-state index contributed by atoms with van der Waals surface area (Å²) >= 11 is 3.45. The van der Waals surface area contributed by atoms with Crippen LogP contribution in [0.1, 0.15) is 24.2 Å². The molecule has 21 heavy (non-hydrogen) atoms. The van der Waals surface area contributed by atoms with E-state index in [1.54, 1.807) is 6.26 Å². The van der Waals surface area contributed by atoms with E-state index in [1.165, 1.54) is 0 Å². The van der Waals surface area contributed by atoms with Crippen molar-refractivity contribution in [1.29, 1.82) is 0 Å². The van der Waals surface area contributed by atoms with Crippen LogP contribution in [0, 0.1) is 0 Å². The van der Waals surface area contributed by atoms with Crippen molar-refractivity contribution in [1.82, 2.24) is 4.90 Å². The Kier molecular flexibility index (Phi) is 3.80. The Morgan fingerprint density at radius 3 is 2.95 bits per heavy atom. The zero-order valence-electron chi connectivity index (χ0n) is 12.1. The number of hydrogen-bond acceptors (Lipinski definition) is 3. The fourth-order valence-electron chi connectivity index (χ4n) is 2.84. The molecule has 0 bridgehead atoms. The summed E-state index contributed by atoms with van der Waals surface area (Å²) in [5.74, 6) is 0.00211. The van der Waals surface area contributed by atoms with Gasteiger partial charge in [0.2, 0.25) is 0 Å². The Morgan fingerprint density at radius 1 is 1.43 bits per heavy atom. The van der Waals surface area contributed by atoms with Gasteiger partial charge in [0, 0.05) is 23.8 Å². The largest absolute Gasteiger partial charge is 0.463 e. The number of hydrogen-bond donors (Lipinski definition) is 0. The molecular weight excluding hydrogens is 334 g/mol. The lowest BCUT2D eigenvalue weighted by Gasteiger charge is -2.42. The molecule has 5 heteroatoms. The van der Waals surface area contributed by atoms with Gasteiger partial charge < -0.3 is 14.1 Å². The van der Waals surface area contributed by atoms with Crippen molar-refractivity contribution in [3.05, 3.63) is 36.1 Å². The molecule has 0 radical (unpaired) electrons. The van der Waals surface area contributed by atoms with Crippen LogP contribution < -0.4 is 0 Å². The van der Waals surface area contributed by atoms with Crippen LogP contribution in [0.15, 0.2) is 34.9 Å². The fraction of sp³-hybridized carbons (Fsp3) is 0.438. The van der Waals surface area contributed by atoms with E-state index in [4.69, 9.17) is 9.15 Å². The minimum absolute atomic E-state index is 0.00211. The van der Waals surface area contributed by atoms with E-state index in [0.29, 0.717) is 24.0 Å². The van der Waals surface area contributed by atoms with Crippen LogP contribution in [0.2, 0.25) is 0 Å². The van der Waals surface area contributed by atoms with Crippen molar-refractivity contribution >= 4 is 32.8 Å². The first-order valence-corrected chi connectivity index (χ1v) is 8.11. The summed E-state index contributed by atoms with van der Waals surface area (Å²) in [4.78, 5) is 14.7. The average molecular weight is 352 g/mol. The maximum atomic E-state index is 12.8. The molecule has 1 unspecified atom stereocenters. The van der Waals surface area contributed by atoms with Crippen LogP contribution in [-0.2, 0) is 4.74 Å². The van der Waals surface area contributed by atoms with Crippen LogP contribution in [0.4, 0.5) is 0 Å². The fourth-order valence-corrected chi connectivity index (χ4v) is 3.18. The number of fused-ring (bicyclic) bond motifs is 1. The van der Waals surface area contributed by atoms with Gasteiger partial charge in [0.25, 0.3) is 5.91 Å². The molecule has 1 fully saturated rings. The minimum atomic E-state index is -0.341. The highest BCUT2D eigenvalue weighted by Gasteiger charge is 2.36. The van der Waals surface area contributed by atoms with Crippen molar-refractivity contribution in [2.75, 3.05) is 18.4 Å². The molecule has 112 valence electrons. The van der Waals surface area contributed by atoms with E-state index in [9.17, 15) is 4.79 Å². The summed E-state index contributed by atoms with van der Waals surface area (Å²) in [5, 5.41) is 1.58. The SMILES string of the molecule is CC1(C)CN(C(=O)c2coc3ccccc23)CC(CBr)O1. The van der Waals surface area contributed by atoms with Gasteiger partial charge in [0.1, 0.15) is 11.8 Å². The van der Waals surface area contributed by atoms with Gasteiger partial charge in [-0.25, -0.2) is 0 Å². The first-order valence-electron chi connectivity index (χ1n) is 6.99. The molecule has 0 N–H and O–H groups in total. The molecule has 0 aliphatic carbocycles. The highest BCUT2D eigenvalue weighted by Crippen LogP contribution is 2.27. The Labute approximate surface area is 132 Å². The number of furan rings is 1. The first-order chi connectivity index (χ1) is 10.00. The molecule has 1 atom stereocenters. The minimum Gasteiger partial charge on any atom is -0.463 e. The standard InChI is InChI=1S/C16H18BrNO3/c1-16(2)10-18(8-11(7-17)21-16)15(19)13-9-20-14-6-4-3-5-12(13)14/h3-6,9,11H,7-8,10H2,1-2H3. The predicted octanol–water partition coefficient (Wildman–Crippen LogP) is 3.45. The summed E-state index contributed by atoms with van der Waals surface area (Å²) in [6, 6.07) is 7.61. The number of para-hydroxylation sites is 1. The number of carbonyl (C=O) groups excluding carboxylic acids is 1. The molecule has 2 heterocycles. The van der Waals surface area contributed by atoms with Gasteiger partial charge in [0.05, 0.1) is 17.3 Å². The molecule has 1 amide bonds. The topological polar surface area (TPSA) is 42.7 Å². The lowest BCUT2D eigenvalue weighted by atomic mass is 10.0. The predicted molar refractivity (Wildman–Crippen MR) is 84.9 cm³/mol. The van der Waals surface area contributed by atoms with Crippen LogP contribution in [0.3, 0.4) is 0 Å². The number of nitrogens with zero attached hydrogens (tertiary/aromatic N) is 1. The second kappa shape index (κ2) is 5.46. The van der Waals surface area contributed by atoms with Crippen molar-refractivity contribution in [2.45, 2.75) is 25.6 Å². The van der Waals surface area contributed by atoms with Crippen LogP contribution in [0.5, 0.6) is 0 Å². The highest BCUT2D eigenvalue weighted by atomic mass is 79.9. The molecule has 3 rings (SSSR count). The van der Waals surface area contributed by atoms with Crippen molar-refractivity contribution in [3.63, 3.8) is 0 Å². The van der Waals surface area contributed by atoms with E-state index in [1.807, 2.05) is 43.0 Å². The lowest BCUT2D eigenvalue weighted by Crippen LogP contribution is -2.55. The summed E-state index contributed by atoms with van der Waals surface area (Å²) in [5.41, 5.74) is 1.02. The van der Waals surface area contributed by atoms with Gasteiger partial charge >= 0.3 is 0 Å². The molecule has 1 aliphatic heterocycles. The third-order valence-electron chi connectivity index (χ3n) is 3.65. The van der Waals surface area contributed by atoms with E-state index in [2.05, 4.69) is 15.9 Å². The first kappa shape index (κ1) is 14.6. The molecule has 1 aliphatic rings. The molecule has 2 aromatic rings. The van der Waals surface area contributed by atoms with Crippen molar-refractivity contribution < 1.29 is 13.9 Å². The third kappa shape index (κ3) is 2.85. The smallest absolute Gasteiger partial charge is 0.257 e. The Morgan fingerprint density at radius 2 is 2.19 bits per heavy atom. The number of benzene rings is 1.